The molecule has 0 aromatic carbocycles. The van der Waals surface area contributed by atoms with Crippen molar-refractivity contribution in [3.8, 4) is 0 Å². The van der Waals surface area contributed by atoms with Crippen LogP contribution in [-0.2, 0) is 9.78 Å². The van der Waals surface area contributed by atoms with Crippen molar-refractivity contribution in [2.45, 2.75) is 38.7 Å². The Morgan fingerprint density at radius 2 is 2.11 bits per heavy atom. The molecule has 0 amide bonds. The predicted octanol–water partition coefficient (Wildman–Crippen LogP) is 1.90. The molecule has 0 saturated carbocycles. The zero-order valence-electron chi connectivity index (χ0n) is 5.93. The van der Waals surface area contributed by atoms with Crippen molar-refractivity contribution >= 4 is 0 Å². The first kappa shape index (κ1) is 7.03. The van der Waals surface area contributed by atoms with E-state index in [9.17, 15) is 0 Å². The molecule has 0 aliphatic carbocycles. The molecule has 0 bridgehead atoms. The van der Waals surface area contributed by atoms with Crippen LogP contribution in [0.3, 0.4) is 0 Å². The van der Waals surface area contributed by atoms with Gasteiger partial charge in [-0.3, -0.25) is 0 Å². The molecule has 9 heavy (non-hydrogen) atoms. The van der Waals surface area contributed by atoms with Crippen molar-refractivity contribution in [2.24, 2.45) is 0 Å². The second kappa shape index (κ2) is 3.85. The third-order valence-corrected chi connectivity index (χ3v) is 1.57. The third-order valence-electron chi connectivity index (χ3n) is 1.57. The largest absolute Gasteiger partial charge is 0.236 e. The molecule has 2 nitrogen and oxygen atoms in total. The molecule has 2 heteroatoms. The van der Waals surface area contributed by atoms with Crippen molar-refractivity contribution in [1.29, 1.82) is 0 Å². The highest BCUT2D eigenvalue weighted by molar-refractivity contribution is 4.50. The zero-order chi connectivity index (χ0) is 6.53. The monoisotopic (exact) mass is 130 g/mol. The molecule has 0 spiro atoms. The van der Waals surface area contributed by atoms with Crippen LogP contribution in [0, 0.1) is 0 Å². The van der Waals surface area contributed by atoms with Crippen LogP contribution in [0.15, 0.2) is 0 Å². The molecule has 0 N–H and O–H groups in total. The van der Waals surface area contributed by atoms with Crippen LogP contribution in [0.5, 0.6) is 0 Å². The van der Waals surface area contributed by atoms with E-state index in [1.807, 2.05) is 6.92 Å². The molecule has 1 fully saturated rings. The molecule has 0 radical (unpaired) electrons. The first-order valence-electron chi connectivity index (χ1n) is 3.68. The molecule has 1 saturated heterocycles. The summed E-state index contributed by atoms with van der Waals surface area (Å²) in [6, 6.07) is 0. The van der Waals surface area contributed by atoms with Crippen LogP contribution < -0.4 is 0 Å². The first-order valence-corrected chi connectivity index (χ1v) is 3.68. The summed E-state index contributed by atoms with van der Waals surface area (Å²) >= 11 is 0. The highest BCUT2D eigenvalue weighted by atomic mass is 17.2. The van der Waals surface area contributed by atoms with E-state index in [4.69, 9.17) is 9.78 Å². The van der Waals surface area contributed by atoms with Gasteiger partial charge in [-0.2, -0.15) is 0 Å². The normalized spacial score (nSPS) is 31.0. The van der Waals surface area contributed by atoms with Gasteiger partial charge in [-0.15, -0.1) is 0 Å². The Balaban J connectivity index is 2.12. The number of hydrogen-bond acceptors (Lipinski definition) is 2. The van der Waals surface area contributed by atoms with Gasteiger partial charge in [0.1, 0.15) is 0 Å². The maximum Gasteiger partial charge on any atom is 0.0901 e. The van der Waals surface area contributed by atoms with Crippen LogP contribution in [0.2, 0.25) is 0 Å². The molecular weight excluding hydrogens is 116 g/mol. The average Bonchev–Trinajstić information content (AvgIpc) is 1.79. The topological polar surface area (TPSA) is 18.5 Å². The first-order chi connectivity index (χ1) is 4.39. The smallest absolute Gasteiger partial charge is 0.0901 e. The fourth-order valence-corrected chi connectivity index (χ4v) is 0.982. The molecule has 1 heterocycles. The standard InChI is InChI=1S/C7H14O2/c1-7-5-3-2-4-6-8-9-7/h7H,2-6H2,1H3. The summed E-state index contributed by atoms with van der Waals surface area (Å²) in [5.41, 5.74) is 0. The van der Waals surface area contributed by atoms with Gasteiger partial charge in [-0.05, 0) is 19.8 Å². The van der Waals surface area contributed by atoms with Gasteiger partial charge in [-0.25, -0.2) is 9.78 Å². The lowest BCUT2D eigenvalue weighted by Gasteiger charge is -2.14. The summed E-state index contributed by atoms with van der Waals surface area (Å²) in [7, 11) is 0. The maximum absolute atomic E-state index is 4.98. The fourth-order valence-electron chi connectivity index (χ4n) is 0.982. The molecule has 1 rings (SSSR count). The zero-order valence-corrected chi connectivity index (χ0v) is 5.93. The Kier molecular flexibility index (Phi) is 3.01. The summed E-state index contributed by atoms with van der Waals surface area (Å²) in [4.78, 5) is 9.87. The minimum atomic E-state index is 0.297. The van der Waals surface area contributed by atoms with E-state index in [0.717, 1.165) is 19.4 Å². The number of hydrogen-bond donors (Lipinski definition) is 0. The van der Waals surface area contributed by atoms with Gasteiger partial charge in [0.05, 0.1) is 12.7 Å². The van der Waals surface area contributed by atoms with E-state index in [1.165, 1.54) is 12.8 Å². The Morgan fingerprint density at radius 1 is 1.22 bits per heavy atom. The predicted molar refractivity (Wildman–Crippen MR) is 35.0 cm³/mol. The van der Waals surface area contributed by atoms with Crippen molar-refractivity contribution in [2.75, 3.05) is 6.61 Å². The Hall–Kier alpha value is -0.0800. The summed E-state index contributed by atoms with van der Waals surface area (Å²) in [5.74, 6) is 0. The minimum Gasteiger partial charge on any atom is -0.236 e. The minimum absolute atomic E-state index is 0.297. The molecule has 0 aromatic heterocycles. The van der Waals surface area contributed by atoms with Crippen LogP contribution in [0.25, 0.3) is 0 Å². The van der Waals surface area contributed by atoms with Gasteiger partial charge >= 0.3 is 0 Å². The second-order valence-corrected chi connectivity index (χ2v) is 2.58. The SMILES string of the molecule is CC1CCCCCOO1. The maximum atomic E-state index is 4.98. The molecule has 1 unspecified atom stereocenters. The second-order valence-electron chi connectivity index (χ2n) is 2.58. The van der Waals surface area contributed by atoms with Crippen LogP contribution >= 0.6 is 0 Å². The Labute approximate surface area is 56.1 Å². The van der Waals surface area contributed by atoms with Gasteiger partial charge in [-0.1, -0.05) is 12.8 Å². The van der Waals surface area contributed by atoms with Crippen molar-refractivity contribution in [3.63, 3.8) is 0 Å². The van der Waals surface area contributed by atoms with E-state index in [2.05, 4.69) is 0 Å². The lowest BCUT2D eigenvalue weighted by atomic mass is 10.1. The average molecular weight is 130 g/mol. The van der Waals surface area contributed by atoms with E-state index >= 15 is 0 Å². The van der Waals surface area contributed by atoms with Gasteiger partial charge in [0.25, 0.3) is 0 Å². The van der Waals surface area contributed by atoms with Crippen LogP contribution in [0.1, 0.15) is 32.6 Å². The van der Waals surface area contributed by atoms with Crippen LogP contribution in [0.4, 0.5) is 0 Å². The molecule has 1 aliphatic rings. The van der Waals surface area contributed by atoms with Gasteiger partial charge in [0.2, 0.25) is 0 Å². The Morgan fingerprint density at radius 3 is 3.00 bits per heavy atom. The van der Waals surface area contributed by atoms with Crippen molar-refractivity contribution in [3.05, 3.63) is 0 Å². The van der Waals surface area contributed by atoms with Crippen molar-refractivity contribution < 1.29 is 9.78 Å². The molecule has 1 atom stereocenters. The summed E-state index contributed by atoms with van der Waals surface area (Å²) in [6.07, 6.45) is 5.15. The van der Waals surface area contributed by atoms with E-state index < -0.39 is 0 Å². The summed E-state index contributed by atoms with van der Waals surface area (Å²) in [5, 5.41) is 0. The Bertz CT molecular complexity index is 65.3. The molecular formula is C7H14O2. The van der Waals surface area contributed by atoms with E-state index in [1.54, 1.807) is 0 Å². The molecule has 54 valence electrons. The lowest BCUT2D eigenvalue weighted by Crippen LogP contribution is -2.12. The summed E-state index contributed by atoms with van der Waals surface area (Å²) < 4.78 is 0. The molecule has 0 aromatic rings. The highest BCUT2D eigenvalue weighted by Crippen LogP contribution is 2.10. The fraction of sp³-hybridized carbons (Fsp3) is 1.00. The van der Waals surface area contributed by atoms with Gasteiger partial charge in [0, 0.05) is 0 Å². The van der Waals surface area contributed by atoms with Crippen LogP contribution in [-0.4, -0.2) is 12.7 Å². The summed E-state index contributed by atoms with van der Waals surface area (Å²) in [6.45, 7) is 2.82. The van der Waals surface area contributed by atoms with E-state index in [0.29, 0.717) is 6.10 Å². The lowest BCUT2D eigenvalue weighted by molar-refractivity contribution is -0.325. The van der Waals surface area contributed by atoms with Crippen molar-refractivity contribution in [1.82, 2.24) is 0 Å². The number of rotatable bonds is 0. The third kappa shape index (κ3) is 2.82. The highest BCUT2D eigenvalue weighted by Gasteiger charge is 2.05. The van der Waals surface area contributed by atoms with E-state index in [-0.39, 0.29) is 0 Å². The van der Waals surface area contributed by atoms with Gasteiger partial charge < -0.3 is 0 Å². The van der Waals surface area contributed by atoms with Gasteiger partial charge in [0.15, 0.2) is 0 Å². The molecule has 1 aliphatic heterocycles. The quantitative estimate of drug-likeness (QED) is 0.466.